The second-order valence-corrected chi connectivity index (χ2v) is 7.55. The van der Waals surface area contributed by atoms with E-state index in [1.54, 1.807) is 48.5 Å². The number of hydrogen-bond donors (Lipinski definition) is 1. The number of nitrogens with zero attached hydrogens (tertiary/aromatic N) is 1. The van der Waals surface area contributed by atoms with E-state index in [0.717, 1.165) is 4.90 Å². The monoisotopic (exact) mass is 406 g/mol. The van der Waals surface area contributed by atoms with Crippen LogP contribution in [-0.4, -0.2) is 11.8 Å². The summed E-state index contributed by atoms with van der Waals surface area (Å²) in [5.41, 5.74) is 1.48. The van der Waals surface area contributed by atoms with Crippen LogP contribution in [0.5, 0.6) is 0 Å². The number of nitrogens with one attached hydrogen (secondary N) is 1. The lowest BCUT2D eigenvalue weighted by Crippen LogP contribution is -2.32. The van der Waals surface area contributed by atoms with Crippen molar-refractivity contribution >= 4 is 46.6 Å². The molecule has 0 bridgehead atoms. The highest BCUT2D eigenvalue weighted by Gasteiger charge is 2.40. The first kappa shape index (κ1) is 18.3. The highest BCUT2D eigenvalue weighted by Crippen LogP contribution is 2.37. The van der Waals surface area contributed by atoms with Crippen molar-refractivity contribution in [3.63, 3.8) is 0 Å². The fraction of sp³-hybridized carbons (Fsp3) is 0. The van der Waals surface area contributed by atoms with Crippen molar-refractivity contribution in [2.45, 2.75) is 4.90 Å². The van der Waals surface area contributed by atoms with Crippen molar-refractivity contribution in [3.05, 3.63) is 101 Å². The summed E-state index contributed by atoms with van der Waals surface area (Å²) >= 11 is 7.22. The predicted octanol–water partition coefficient (Wildman–Crippen LogP) is 5.33. The fourth-order valence-electron chi connectivity index (χ4n) is 2.81. The van der Waals surface area contributed by atoms with E-state index in [1.807, 2.05) is 36.4 Å². The Morgan fingerprint density at radius 1 is 0.750 bits per heavy atom. The Kier molecular flexibility index (Phi) is 5.19. The molecule has 0 spiro atoms. The first-order valence-electron chi connectivity index (χ1n) is 8.57. The van der Waals surface area contributed by atoms with E-state index in [4.69, 9.17) is 11.6 Å². The van der Waals surface area contributed by atoms with Crippen LogP contribution in [0.2, 0.25) is 5.02 Å². The van der Waals surface area contributed by atoms with Crippen LogP contribution >= 0.6 is 23.4 Å². The molecule has 2 amide bonds. The first-order chi connectivity index (χ1) is 13.6. The Bertz CT molecular complexity index is 1050. The van der Waals surface area contributed by atoms with Gasteiger partial charge in [-0.2, -0.15) is 0 Å². The number of amides is 2. The van der Waals surface area contributed by atoms with Gasteiger partial charge in [-0.25, -0.2) is 4.90 Å². The number of halogens is 1. The molecule has 1 heterocycles. The van der Waals surface area contributed by atoms with E-state index in [1.165, 1.54) is 16.7 Å². The fourth-order valence-corrected chi connectivity index (χ4v) is 3.88. The second kappa shape index (κ2) is 7.92. The van der Waals surface area contributed by atoms with Gasteiger partial charge in [-0.15, -0.1) is 0 Å². The highest BCUT2D eigenvalue weighted by atomic mass is 35.5. The molecule has 3 aromatic rings. The summed E-state index contributed by atoms with van der Waals surface area (Å²) in [4.78, 5) is 28.7. The second-order valence-electron chi connectivity index (χ2n) is 6.03. The van der Waals surface area contributed by atoms with E-state index < -0.39 is 0 Å². The Balaban J connectivity index is 1.73. The van der Waals surface area contributed by atoms with Gasteiger partial charge >= 0.3 is 0 Å². The van der Waals surface area contributed by atoms with E-state index in [2.05, 4.69) is 5.32 Å². The maximum Gasteiger partial charge on any atom is 0.283 e. The molecule has 0 fully saturated rings. The Labute approximate surface area is 171 Å². The van der Waals surface area contributed by atoms with Crippen molar-refractivity contribution in [1.29, 1.82) is 0 Å². The number of anilines is 2. The number of para-hydroxylation sites is 1. The predicted molar refractivity (Wildman–Crippen MR) is 113 cm³/mol. The number of benzene rings is 3. The van der Waals surface area contributed by atoms with Crippen LogP contribution in [-0.2, 0) is 9.59 Å². The summed E-state index contributed by atoms with van der Waals surface area (Å²) in [6.07, 6.45) is 0. The lowest BCUT2D eigenvalue weighted by atomic mass is 10.3. The maximum absolute atomic E-state index is 13.1. The van der Waals surface area contributed by atoms with Gasteiger partial charge < -0.3 is 5.32 Å². The topological polar surface area (TPSA) is 49.4 Å². The number of carbonyl (C=O) groups is 2. The van der Waals surface area contributed by atoms with Gasteiger partial charge in [0.05, 0.1) is 5.69 Å². The number of imide groups is 1. The van der Waals surface area contributed by atoms with E-state index >= 15 is 0 Å². The highest BCUT2D eigenvalue weighted by molar-refractivity contribution is 8.04. The van der Waals surface area contributed by atoms with Crippen LogP contribution < -0.4 is 10.2 Å². The normalized spacial score (nSPS) is 14.0. The molecule has 6 heteroatoms. The Morgan fingerprint density at radius 2 is 1.36 bits per heavy atom. The molecular weight excluding hydrogens is 392 g/mol. The minimum Gasteiger partial charge on any atom is -0.350 e. The molecule has 0 aliphatic carbocycles. The zero-order valence-corrected chi connectivity index (χ0v) is 16.2. The summed E-state index contributed by atoms with van der Waals surface area (Å²) in [6.45, 7) is 0. The van der Waals surface area contributed by atoms with Gasteiger partial charge in [0.25, 0.3) is 11.8 Å². The van der Waals surface area contributed by atoms with Crippen molar-refractivity contribution in [3.8, 4) is 0 Å². The van der Waals surface area contributed by atoms with Gasteiger partial charge in [0.15, 0.2) is 0 Å². The summed E-state index contributed by atoms with van der Waals surface area (Å²) < 4.78 is 0. The number of rotatable bonds is 5. The minimum absolute atomic E-state index is 0.255. The van der Waals surface area contributed by atoms with Crippen molar-refractivity contribution in [2.24, 2.45) is 0 Å². The average Bonchev–Trinajstić information content (AvgIpc) is 2.95. The lowest BCUT2D eigenvalue weighted by Gasteiger charge is -2.15. The van der Waals surface area contributed by atoms with E-state index in [-0.39, 0.29) is 17.5 Å². The van der Waals surface area contributed by atoms with Crippen LogP contribution in [0.4, 0.5) is 11.4 Å². The van der Waals surface area contributed by atoms with Gasteiger partial charge in [-0.1, -0.05) is 59.8 Å². The summed E-state index contributed by atoms with van der Waals surface area (Å²) in [5.74, 6) is -0.730. The third kappa shape index (κ3) is 3.67. The number of carbonyl (C=O) groups excluding carboxylic acids is 2. The summed E-state index contributed by atoms with van der Waals surface area (Å²) in [7, 11) is 0. The number of hydrogen-bond acceptors (Lipinski definition) is 4. The zero-order chi connectivity index (χ0) is 19.5. The minimum atomic E-state index is -0.385. The van der Waals surface area contributed by atoms with Gasteiger partial charge in [0.1, 0.15) is 10.6 Å². The molecule has 3 aromatic carbocycles. The SMILES string of the molecule is O=C1C(Nc2ccc(Cl)cc2)=C(Sc2ccccc2)C(=O)N1c1ccccc1. The Hall–Kier alpha value is -3.02. The Morgan fingerprint density at radius 3 is 2.00 bits per heavy atom. The average molecular weight is 407 g/mol. The summed E-state index contributed by atoms with van der Waals surface area (Å²) in [6, 6.07) is 25.4. The molecule has 28 heavy (non-hydrogen) atoms. The van der Waals surface area contributed by atoms with Crippen LogP contribution in [0.1, 0.15) is 0 Å². The standard InChI is InChI=1S/C22H15ClN2O2S/c23-15-11-13-16(14-12-15)24-19-20(28-18-9-5-2-6-10-18)22(27)25(21(19)26)17-7-3-1-4-8-17/h1-14,24H. The lowest BCUT2D eigenvalue weighted by molar-refractivity contribution is -0.120. The molecule has 0 atom stereocenters. The van der Waals surface area contributed by atoms with Crippen LogP contribution in [0, 0.1) is 0 Å². The van der Waals surface area contributed by atoms with E-state index in [0.29, 0.717) is 21.3 Å². The first-order valence-corrected chi connectivity index (χ1v) is 9.76. The van der Waals surface area contributed by atoms with Gasteiger partial charge in [-0.05, 0) is 48.5 Å². The molecule has 1 aliphatic heterocycles. The molecule has 0 unspecified atom stereocenters. The molecule has 138 valence electrons. The smallest absolute Gasteiger partial charge is 0.283 e. The molecule has 0 saturated carbocycles. The quantitative estimate of drug-likeness (QED) is 0.582. The molecule has 0 aromatic heterocycles. The van der Waals surface area contributed by atoms with Gasteiger partial charge in [-0.3, -0.25) is 9.59 Å². The van der Waals surface area contributed by atoms with Crippen LogP contribution in [0.25, 0.3) is 0 Å². The zero-order valence-electron chi connectivity index (χ0n) is 14.6. The third-order valence-corrected chi connectivity index (χ3v) is 5.48. The number of thioether (sulfide) groups is 1. The largest absolute Gasteiger partial charge is 0.350 e. The van der Waals surface area contributed by atoms with Gasteiger partial charge in [0, 0.05) is 15.6 Å². The van der Waals surface area contributed by atoms with Crippen molar-refractivity contribution in [1.82, 2.24) is 0 Å². The molecule has 4 rings (SSSR count). The van der Waals surface area contributed by atoms with Crippen molar-refractivity contribution in [2.75, 3.05) is 10.2 Å². The molecule has 0 radical (unpaired) electrons. The third-order valence-electron chi connectivity index (χ3n) is 4.13. The molecule has 0 saturated heterocycles. The molecule has 1 aliphatic rings. The van der Waals surface area contributed by atoms with E-state index in [9.17, 15) is 9.59 Å². The molecule has 4 nitrogen and oxygen atoms in total. The maximum atomic E-state index is 13.1. The van der Waals surface area contributed by atoms with Crippen molar-refractivity contribution < 1.29 is 9.59 Å². The summed E-state index contributed by atoms with van der Waals surface area (Å²) in [5, 5.41) is 3.70. The van der Waals surface area contributed by atoms with Gasteiger partial charge in [0.2, 0.25) is 0 Å². The van der Waals surface area contributed by atoms with Crippen LogP contribution in [0.15, 0.2) is 100 Å². The van der Waals surface area contributed by atoms with Crippen LogP contribution in [0.3, 0.4) is 0 Å². The molecular formula is C22H15ClN2O2S. The molecule has 1 N–H and O–H groups in total.